The van der Waals surface area contributed by atoms with E-state index in [9.17, 15) is 4.39 Å². The number of rotatable bonds is 7. The fraction of sp³-hybridized carbons (Fsp3) is 0.600. The summed E-state index contributed by atoms with van der Waals surface area (Å²) in [6.45, 7) is 6.52. The fourth-order valence-corrected chi connectivity index (χ4v) is 2.11. The molecule has 0 amide bonds. The third-order valence-corrected chi connectivity index (χ3v) is 2.85. The first-order valence-electron chi connectivity index (χ1n) is 6.62. The number of unbranched alkanes of at least 4 members (excludes halogenated alkanes) is 1. The summed E-state index contributed by atoms with van der Waals surface area (Å²) in [7, 11) is 0. The van der Waals surface area contributed by atoms with Crippen LogP contribution < -0.4 is 5.32 Å². The third kappa shape index (κ3) is 5.83. The molecule has 1 aromatic carbocycles. The van der Waals surface area contributed by atoms with E-state index in [2.05, 4.69) is 26.1 Å². The van der Waals surface area contributed by atoms with E-state index in [1.54, 1.807) is 12.1 Å². The van der Waals surface area contributed by atoms with Crippen LogP contribution in [0.3, 0.4) is 0 Å². The van der Waals surface area contributed by atoms with E-state index in [1.807, 2.05) is 6.07 Å². The Hall–Kier alpha value is -0.890. The van der Waals surface area contributed by atoms with Crippen molar-refractivity contribution in [1.82, 2.24) is 5.32 Å². The molecule has 0 radical (unpaired) electrons. The number of hydrogen-bond donors (Lipinski definition) is 1. The second-order valence-corrected chi connectivity index (χ2v) is 4.99. The SMILES string of the molecule is CCCCC(Cc1cccc(F)c1)NC(C)C. The van der Waals surface area contributed by atoms with E-state index < -0.39 is 0 Å². The second kappa shape index (κ2) is 7.44. The zero-order valence-electron chi connectivity index (χ0n) is 11.2. The number of nitrogens with one attached hydrogen (secondary N) is 1. The van der Waals surface area contributed by atoms with E-state index >= 15 is 0 Å². The summed E-state index contributed by atoms with van der Waals surface area (Å²) in [5, 5.41) is 3.56. The molecule has 1 N–H and O–H groups in total. The van der Waals surface area contributed by atoms with Crippen LogP contribution in [0.5, 0.6) is 0 Å². The average Bonchev–Trinajstić information content (AvgIpc) is 2.25. The lowest BCUT2D eigenvalue weighted by Crippen LogP contribution is -2.36. The van der Waals surface area contributed by atoms with Crippen LogP contribution in [-0.2, 0) is 6.42 Å². The molecule has 0 saturated heterocycles. The largest absolute Gasteiger partial charge is 0.311 e. The Balaban J connectivity index is 2.58. The minimum Gasteiger partial charge on any atom is -0.311 e. The summed E-state index contributed by atoms with van der Waals surface area (Å²) < 4.78 is 13.1. The van der Waals surface area contributed by atoms with Gasteiger partial charge < -0.3 is 5.32 Å². The molecule has 0 bridgehead atoms. The predicted octanol–water partition coefficient (Wildman–Crippen LogP) is 3.93. The monoisotopic (exact) mass is 237 g/mol. The molecule has 0 aliphatic carbocycles. The smallest absolute Gasteiger partial charge is 0.123 e. The lowest BCUT2D eigenvalue weighted by Gasteiger charge is -2.21. The molecule has 2 heteroatoms. The Labute approximate surface area is 104 Å². The molecular formula is C15H24FN. The van der Waals surface area contributed by atoms with Crippen molar-refractivity contribution in [2.75, 3.05) is 0 Å². The first-order valence-corrected chi connectivity index (χ1v) is 6.62. The maximum Gasteiger partial charge on any atom is 0.123 e. The quantitative estimate of drug-likeness (QED) is 0.757. The molecule has 96 valence electrons. The van der Waals surface area contributed by atoms with Crippen molar-refractivity contribution in [3.63, 3.8) is 0 Å². The normalized spacial score (nSPS) is 13.0. The highest BCUT2D eigenvalue weighted by Crippen LogP contribution is 2.11. The van der Waals surface area contributed by atoms with E-state index in [-0.39, 0.29) is 5.82 Å². The maximum absolute atomic E-state index is 13.1. The molecular weight excluding hydrogens is 213 g/mol. The standard InChI is InChI=1S/C15H24FN/c1-4-5-9-15(17-12(2)3)11-13-7-6-8-14(16)10-13/h6-8,10,12,15,17H,4-5,9,11H2,1-3H3. The maximum atomic E-state index is 13.1. The van der Waals surface area contributed by atoms with E-state index in [1.165, 1.54) is 18.9 Å². The summed E-state index contributed by atoms with van der Waals surface area (Å²) in [5.74, 6) is -0.138. The zero-order chi connectivity index (χ0) is 12.7. The van der Waals surface area contributed by atoms with Gasteiger partial charge in [-0.05, 0) is 30.5 Å². The summed E-state index contributed by atoms with van der Waals surface area (Å²) in [6.07, 6.45) is 4.50. The highest BCUT2D eigenvalue weighted by Gasteiger charge is 2.10. The molecule has 0 heterocycles. The van der Waals surface area contributed by atoms with Crippen molar-refractivity contribution in [3.8, 4) is 0 Å². The van der Waals surface area contributed by atoms with Gasteiger partial charge in [-0.15, -0.1) is 0 Å². The van der Waals surface area contributed by atoms with Gasteiger partial charge in [-0.3, -0.25) is 0 Å². The first kappa shape index (κ1) is 14.2. The van der Waals surface area contributed by atoms with Crippen LogP contribution >= 0.6 is 0 Å². The Bertz CT molecular complexity index is 322. The van der Waals surface area contributed by atoms with Gasteiger partial charge in [0.15, 0.2) is 0 Å². The lowest BCUT2D eigenvalue weighted by atomic mass is 10.0. The zero-order valence-corrected chi connectivity index (χ0v) is 11.2. The van der Waals surface area contributed by atoms with Crippen molar-refractivity contribution >= 4 is 0 Å². The van der Waals surface area contributed by atoms with E-state index in [4.69, 9.17) is 0 Å². The van der Waals surface area contributed by atoms with Crippen LogP contribution in [0.15, 0.2) is 24.3 Å². The third-order valence-electron chi connectivity index (χ3n) is 2.85. The molecule has 1 nitrogen and oxygen atoms in total. The van der Waals surface area contributed by atoms with Crippen LogP contribution in [0.2, 0.25) is 0 Å². The highest BCUT2D eigenvalue weighted by atomic mass is 19.1. The van der Waals surface area contributed by atoms with E-state index in [0.29, 0.717) is 12.1 Å². The predicted molar refractivity (Wildman–Crippen MR) is 71.7 cm³/mol. The van der Waals surface area contributed by atoms with E-state index in [0.717, 1.165) is 18.4 Å². The van der Waals surface area contributed by atoms with Crippen LogP contribution in [0, 0.1) is 5.82 Å². The second-order valence-electron chi connectivity index (χ2n) is 4.99. The summed E-state index contributed by atoms with van der Waals surface area (Å²) in [6, 6.07) is 7.87. The lowest BCUT2D eigenvalue weighted by molar-refractivity contribution is 0.424. The minimum absolute atomic E-state index is 0.138. The van der Waals surface area contributed by atoms with Crippen LogP contribution in [0.4, 0.5) is 4.39 Å². The van der Waals surface area contributed by atoms with Crippen LogP contribution in [-0.4, -0.2) is 12.1 Å². The van der Waals surface area contributed by atoms with Gasteiger partial charge in [0.2, 0.25) is 0 Å². The van der Waals surface area contributed by atoms with Gasteiger partial charge in [0.05, 0.1) is 0 Å². The summed E-state index contributed by atoms with van der Waals surface area (Å²) in [5.41, 5.74) is 1.08. The Kier molecular flexibility index (Phi) is 6.20. The van der Waals surface area contributed by atoms with Crippen LogP contribution in [0.1, 0.15) is 45.6 Å². The van der Waals surface area contributed by atoms with Gasteiger partial charge in [-0.25, -0.2) is 4.39 Å². The fourth-order valence-electron chi connectivity index (χ4n) is 2.11. The molecule has 1 atom stereocenters. The minimum atomic E-state index is -0.138. The summed E-state index contributed by atoms with van der Waals surface area (Å²) in [4.78, 5) is 0. The number of hydrogen-bond acceptors (Lipinski definition) is 1. The Morgan fingerprint density at radius 1 is 1.29 bits per heavy atom. The van der Waals surface area contributed by atoms with Gasteiger partial charge in [-0.2, -0.15) is 0 Å². The molecule has 1 unspecified atom stereocenters. The molecule has 0 spiro atoms. The Morgan fingerprint density at radius 2 is 2.06 bits per heavy atom. The van der Waals surface area contributed by atoms with Gasteiger partial charge in [0.25, 0.3) is 0 Å². The molecule has 0 saturated carbocycles. The summed E-state index contributed by atoms with van der Waals surface area (Å²) >= 11 is 0. The molecule has 17 heavy (non-hydrogen) atoms. The average molecular weight is 237 g/mol. The molecule has 0 fully saturated rings. The van der Waals surface area contributed by atoms with Crippen molar-refractivity contribution in [2.45, 2.75) is 58.5 Å². The molecule has 1 aromatic rings. The van der Waals surface area contributed by atoms with Crippen molar-refractivity contribution < 1.29 is 4.39 Å². The van der Waals surface area contributed by atoms with Gasteiger partial charge in [0, 0.05) is 12.1 Å². The van der Waals surface area contributed by atoms with Crippen molar-refractivity contribution in [1.29, 1.82) is 0 Å². The van der Waals surface area contributed by atoms with Gasteiger partial charge in [0.1, 0.15) is 5.82 Å². The first-order chi connectivity index (χ1) is 8.11. The number of halogens is 1. The molecule has 0 aliphatic rings. The van der Waals surface area contributed by atoms with Crippen LogP contribution in [0.25, 0.3) is 0 Å². The Morgan fingerprint density at radius 3 is 2.65 bits per heavy atom. The molecule has 0 aliphatic heterocycles. The number of benzene rings is 1. The van der Waals surface area contributed by atoms with Gasteiger partial charge in [-0.1, -0.05) is 45.7 Å². The topological polar surface area (TPSA) is 12.0 Å². The highest BCUT2D eigenvalue weighted by molar-refractivity contribution is 5.17. The van der Waals surface area contributed by atoms with Gasteiger partial charge >= 0.3 is 0 Å². The molecule has 0 aromatic heterocycles. The molecule has 1 rings (SSSR count). The van der Waals surface area contributed by atoms with Crippen molar-refractivity contribution in [3.05, 3.63) is 35.6 Å². The van der Waals surface area contributed by atoms with Crippen molar-refractivity contribution in [2.24, 2.45) is 0 Å².